The maximum atomic E-state index is 13.6. The van der Waals surface area contributed by atoms with Crippen LogP contribution in [0.3, 0.4) is 0 Å². The van der Waals surface area contributed by atoms with Crippen molar-refractivity contribution in [2.24, 2.45) is 0 Å². The lowest BCUT2D eigenvalue weighted by Crippen LogP contribution is -2.20. The summed E-state index contributed by atoms with van der Waals surface area (Å²) >= 11 is 6.42. The number of alkyl halides is 2. The van der Waals surface area contributed by atoms with Crippen LogP contribution in [0.25, 0.3) is 11.0 Å². The molecule has 1 saturated carbocycles. The number of aryl methyl sites for hydroxylation is 1. The van der Waals surface area contributed by atoms with Gasteiger partial charge in [-0.2, -0.15) is 5.10 Å². The second-order valence-electron chi connectivity index (χ2n) is 6.95. The molecule has 10 heteroatoms. The average molecular weight is 532 g/mol. The quantitative estimate of drug-likeness (QED) is 0.448. The van der Waals surface area contributed by atoms with Gasteiger partial charge in [0.1, 0.15) is 12.4 Å². The van der Waals surface area contributed by atoms with Gasteiger partial charge in [0.05, 0.1) is 16.8 Å². The highest BCUT2D eigenvalue weighted by atomic mass is 79.9. The first-order valence-electron chi connectivity index (χ1n) is 8.85. The minimum absolute atomic E-state index is 0.106. The van der Waals surface area contributed by atoms with Crippen LogP contribution in [0, 0.1) is 12.7 Å². The molecule has 2 heterocycles. The van der Waals surface area contributed by atoms with Gasteiger partial charge in [-0.05, 0) is 69.8 Å². The number of fused-ring (bicyclic) bond motifs is 1. The van der Waals surface area contributed by atoms with Crippen molar-refractivity contribution >= 4 is 54.5 Å². The van der Waals surface area contributed by atoms with E-state index in [1.54, 1.807) is 6.92 Å². The average Bonchev–Trinajstić information content (AvgIpc) is 3.43. The van der Waals surface area contributed by atoms with Crippen molar-refractivity contribution in [2.45, 2.75) is 38.7 Å². The highest BCUT2D eigenvalue weighted by molar-refractivity contribution is 9.11. The molecule has 1 N–H and O–H groups in total. The number of nitrogens with one attached hydrogen (secondary N) is 1. The molecule has 2 aromatic heterocycles. The Morgan fingerprint density at radius 2 is 1.93 bits per heavy atom. The molecule has 3 aromatic rings. The molecule has 152 valence electrons. The molecule has 0 saturated heterocycles. The van der Waals surface area contributed by atoms with Crippen molar-refractivity contribution in [1.29, 1.82) is 0 Å². The summed E-state index contributed by atoms with van der Waals surface area (Å²) in [5.41, 5.74) is 1.53. The van der Waals surface area contributed by atoms with E-state index in [4.69, 9.17) is 0 Å². The van der Waals surface area contributed by atoms with E-state index < -0.39 is 18.1 Å². The molecule has 0 unspecified atom stereocenters. The summed E-state index contributed by atoms with van der Waals surface area (Å²) in [5.74, 6) is -0.730. The van der Waals surface area contributed by atoms with Gasteiger partial charge in [-0.3, -0.25) is 4.79 Å². The first kappa shape index (κ1) is 20.3. The fourth-order valence-corrected chi connectivity index (χ4v) is 4.58. The smallest absolute Gasteiger partial charge is 0.264 e. The molecule has 0 atom stereocenters. The van der Waals surface area contributed by atoms with Crippen LogP contribution in [0.4, 0.5) is 18.9 Å². The minimum atomic E-state index is -2.66. The maximum Gasteiger partial charge on any atom is 0.264 e. The van der Waals surface area contributed by atoms with Crippen LogP contribution in [0.5, 0.6) is 0 Å². The number of hydrogen-bond donors (Lipinski definition) is 1. The third-order valence-corrected chi connectivity index (χ3v) is 5.97. The third kappa shape index (κ3) is 4.05. The Morgan fingerprint density at radius 1 is 1.28 bits per heavy atom. The molecule has 0 radical (unpaired) electrons. The van der Waals surface area contributed by atoms with Crippen molar-refractivity contribution < 1.29 is 18.0 Å². The highest BCUT2D eigenvalue weighted by Crippen LogP contribution is 2.42. The number of pyridine rings is 1. The van der Waals surface area contributed by atoms with Crippen LogP contribution < -0.4 is 5.32 Å². The lowest BCUT2D eigenvalue weighted by atomic mass is 10.1. The van der Waals surface area contributed by atoms with Gasteiger partial charge in [0.25, 0.3) is 6.43 Å². The van der Waals surface area contributed by atoms with Gasteiger partial charge in [-0.1, -0.05) is 0 Å². The van der Waals surface area contributed by atoms with Crippen LogP contribution in [0.15, 0.2) is 27.1 Å². The normalized spacial score (nSPS) is 14.0. The fraction of sp³-hybridized carbons (Fsp3) is 0.316. The van der Waals surface area contributed by atoms with Gasteiger partial charge < -0.3 is 5.32 Å². The van der Waals surface area contributed by atoms with E-state index in [1.165, 1.54) is 22.9 Å². The number of nitrogens with zero attached hydrogens (tertiary/aromatic N) is 3. The van der Waals surface area contributed by atoms with Gasteiger partial charge in [-0.25, -0.2) is 22.8 Å². The maximum absolute atomic E-state index is 13.6. The van der Waals surface area contributed by atoms with E-state index in [2.05, 4.69) is 47.3 Å². The van der Waals surface area contributed by atoms with Gasteiger partial charge >= 0.3 is 0 Å². The third-order valence-electron chi connectivity index (χ3n) is 4.72. The van der Waals surface area contributed by atoms with E-state index in [-0.39, 0.29) is 29.1 Å². The summed E-state index contributed by atoms with van der Waals surface area (Å²) < 4.78 is 42.8. The highest BCUT2D eigenvalue weighted by Gasteiger charge is 2.29. The number of aromatic nitrogens is 3. The standard InChI is InChI=1S/C19H15Br2F3N4O/c1-8-16-11(18(23)24)6-14(9-2-3-9)25-19(16)28(27-8)7-15(29)26-17-12(20)4-10(22)5-13(17)21/h4-6,9,18H,2-3,7H2,1H3,(H,26,29). The second kappa shape index (κ2) is 7.71. The van der Waals surface area contributed by atoms with Crippen molar-refractivity contribution in [1.82, 2.24) is 14.8 Å². The van der Waals surface area contributed by atoms with Crippen LogP contribution in [0.2, 0.25) is 0 Å². The SMILES string of the molecule is Cc1nn(CC(=O)Nc2c(Br)cc(F)cc2Br)c2nc(C3CC3)cc(C(F)F)c12. The first-order valence-corrected chi connectivity index (χ1v) is 10.4. The molecular weight excluding hydrogens is 517 g/mol. The predicted octanol–water partition coefficient (Wildman–Crippen LogP) is 5.86. The van der Waals surface area contributed by atoms with Crippen molar-refractivity contribution in [3.05, 3.63) is 49.9 Å². The largest absolute Gasteiger partial charge is 0.323 e. The molecule has 29 heavy (non-hydrogen) atoms. The molecule has 5 nitrogen and oxygen atoms in total. The molecule has 4 rings (SSSR count). The van der Waals surface area contributed by atoms with Crippen LogP contribution in [-0.4, -0.2) is 20.7 Å². The van der Waals surface area contributed by atoms with E-state index in [9.17, 15) is 18.0 Å². The topological polar surface area (TPSA) is 59.8 Å². The lowest BCUT2D eigenvalue weighted by Gasteiger charge is -2.11. The molecule has 1 amide bonds. The van der Waals surface area contributed by atoms with Crippen molar-refractivity contribution in [3.8, 4) is 0 Å². The Labute approximate surface area is 180 Å². The van der Waals surface area contributed by atoms with E-state index in [0.29, 0.717) is 26.0 Å². The Bertz CT molecular complexity index is 1110. The van der Waals surface area contributed by atoms with Crippen LogP contribution in [0.1, 0.15) is 42.1 Å². The monoisotopic (exact) mass is 530 g/mol. The van der Waals surface area contributed by atoms with Crippen LogP contribution >= 0.6 is 31.9 Å². The van der Waals surface area contributed by atoms with Gasteiger partial charge in [0.15, 0.2) is 5.65 Å². The Kier molecular flexibility index (Phi) is 5.41. The van der Waals surface area contributed by atoms with Gasteiger partial charge in [0.2, 0.25) is 5.91 Å². The minimum Gasteiger partial charge on any atom is -0.323 e. The number of anilines is 1. The summed E-state index contributed by atoms with van der Waals surface area (Å²) in [6.45, 7) is 1.40. The zero-order valence-electron chi connectivity index (χ0n) is 15.1. The summed E-state index contributed by atoms with van der Waals surface area (Å²) in [4.78, 5) is 17.1. The van der Waals surface area contributed by atoms with Gasteiger partial charge in [-0.15, -0.1) is 0 Å². The molecule has 1 aliphatic carbocycles. The molecule has 0 bridgehead atoms. The van der Waals surface area contributed by atoms with Crippen molar-refractivity contribution in [3.63, 3.8) is 0 Å². The zero-order valence-corrected chi connectivity index (χ0v) is 18.3. The number of benzene rings is 1. The van der Waals surface area contributed by atoms with E-state index in [0.717, 1.165) is 12.8 Å². The number of halogens is 5. The molecule has 0 aliphatic heterocycles. The first-order chi connectivity index (χ1) is 13.7. The molecule has 1 aromatic carbocycles. The van der Waals surface area contributed by atoms with Gasteiger partial charge in [0, 0.05) is 26.1 Å². The number of hydrogen-bond acceptors (Lipinski definition) is 3. The fourth-order valence-electron chi connectivity index (χ4n) is 3.25. The number of carbonyl (C=O) groups is 1. The van der Waals surface area contributed by atoms with Crippen molar-refractivity contribution in [2.75, 3.05) is 5.32 Å². The Balaban J connectivity index is 1.68. The zero-order chi connectivity index (χ0) is 20.9. The lowest BCUT2D eigenvalue weighted by molar-refractivity contribution is -0.116. The number of amides is 1. The van der Waals surface area contributed by atoms with Crippen LogP contribution in [-0.2, 0) is 11.3 Å². The second-order valence-corrected chi connectivity index (χ2v) is 8.65. The molecular formula is C19H15Br2F3N4O. The number of rotatable bonds is 5. The Morgan fingerprint density at radius 3 is 2.52 bits per heavy atom. The molecule has 1 aliphatic rings. The summed E-state index contributed by atoms with van der Waals surface area (Å²) in [6.07, 6.45) is -0.822. The predicted molar refractivity (Wildman–Crippen MR) is 110 cm³/mol. The van der Waals surface area contributed by atoms with E-state index in [1.807, 2.05) is 0 Å². The van der Waals surface area contributed by atoms with E-state index >= 15 is 0 Å². The molecule has 0 spiro atoms. The summed E-state index contributed by atoms with van der Waals surface area (Å²) in [5, 5.41) is 7.23. The Hall–Kier alpha value is -1.94. The molecule has 1 fully saturated rings. The summed E-state index contributed by atoms with van der Waals surface area (Å²) in [6, 6.07) is 3.91. The summed E-state index contributed by atoms with van der Waals surface area (Å²) in [7, 11) is 0. The number of carbonyl (C=O) groups excluding carboxylic acids is 1.